The monoisotopic (exact) mass is 507 g/mol. The summed E-state index contributed by atoms with van der Waals surface area (Å²) in [7, 11) is -16.4. The quantitative estimate of drug-likeness (QED) is 0.207. The summed E-state index contributed by atoms with van der Waals surface area (Å²) in [6.07, 6.45) is 0.768. The highest BCUT2D eigenvalue weighted by Crippen LogP contribution is 2.66. The standard InChI is InChI=1S/C15H16N3O11P3/c19-15(12-6-8-14(9-7-12)18-17-13-4-2-1-3-5-13)16-10-11-27-31(23,24)29-32(25,26)28-30(20,21)22/h1-10H,11H2,(H,23,24)(H,25,26)(H2,20,21,22). The molecular formula is C15H16N3O11P3. The molecule has 2 aromatic carbocycles. The predicted molar refractivity (Wildman–Crippen MR) is 110 cm³/mol. The Morgan fingerprint density at radius 3 is 1.94 bits per heavy atom. The molecule has 0 heterocycles. The minimum Gasteiger partial charge on any atom is -0.302 e. The van der Waals surface area contributed by atoms with Gasteiger partial charge in [0, 0.05) is 11.8 Å². The lowest BCUT2D eigenvalue weighted by molar-refractivity contribution is 0.100. The summed E-state index contributed by atoms with van der Waals surface area (Å²) in [6, 6.07) is 14.8. The van der Waals surface area contributed by atoms with Gasteiger partial charge in [0.05, 0.1) is 18.0 Å². The van der Waals surface area contributed by atoms with Gasteiger partial charge in [-0.05, 0) is 36.4 Å². The van der Waals surface area contributed by atoms with Crippen LogP contribution in [0.3, 0.4) is 0 Å². The van der Waals surface area contributed by atoms with E-state index in [-0.39, 0.29) is 5.56 Å². The fraction of sp³-hybridized carbons (Fsp3) is 0.0667. The highest BCUT2D eigenvalue weighted by Gasteiger charge is 2.40. The summed E-state index contributed by atoms with van der Waals surface area (Å²) in [6.45, 7) is -0.821. The molecule has 0 aromatic heterocycles. The van der Waals surface area contributed by atoms with E-state index in [0.29, 0.717) is 11.4 Å². The number of nitrogens with zero attached hydrogens (tertiary/aromatic N) is 3. The second-order valence-electron chi connectivity index (χ2n) is 5.59. The first-order valence-corrected chi connectivity index (χ1v) is 12.8. The van der Waals surface area contributed by atoms with Crippen molar-refractivity contribution in [2.45, 2.75) is 0 Å². The summed E-state index contributed by atoms with van der Waals surface area (Å²) < 4.78 is 44.5. The van der Waals surface area contributed by atoms with E-state index in [1.54, 1.807) is 24.3 Å². The molecule has 0 aliphatic rings. The van der Waals surface area contributed by atoms with Crippen molar-refractivity contribution in [2.75, 3.05) is 6.61 Å². The molecule has 0 spiro atoms. The molecule has 14 nitrogen and oxygen atoms in total. The molecule has 0 saturated heterocycles. The lowest BCUT2D eigenvalue weighted by atomic mass is 10.2. The number of carbonyl (C=O) groups is 1. The molecule has 4 N–H and O–H groups in total. The third kappa shape index (κ3) is 9.94. The Balaban J connectivity index is 1.87. The second-order valence-corrected chi connectivity index (χ2v) is 10.0. The van der Waals surface area contributed by atoms with Crippen LogP contribution in [0.1, 0.15) is 10.4 Å². The highest BCUT2D eigenvalue weighted by molar-refractivity contribution is 7.66. The number of aliphatic imine (C=N–C) groups is 1. The Kier molecular flexibility index (Phi) is 9.02. The molecule has 1 amide bonds. The lowest BCUT2D eigenvalue weighted by Gasteiger charge is -2.15. The Morgan fingerprint density at radius 2 is 1.38 bits per heavy atom. The molecule has 0 aliphatic carbocycles. The molecule has 0 radical (unpaired) electrons. The Labute approximate surface area is 180 Å². The predicted octanol–water partition coefficient (Wildman–Crippen LogP) is 3.66. The Morgan fingerprint density at radius 1 is 0.812 bits per heavy atom. The molecule has 2 atom stereocenters. The van der Waals surface area contributed by atoms with Gasteiger partial charge in [0.1, 0.15) is 0 Å². The molecular weight excluding hydrogens is 491 g/mol. The first-order valence-electron chi connectivity index (χ1n) is 8.27. The summed E-state index contributed by atoms with van der Waals surface area (Å²) >= 11 is 0. The summed E-state index contributed by atoms with van der Waals surface area (Å²) in [4.78, 5) is 50.6. The number of azo groups is 1. The van der Waals surface area contributed by atoms with Crippen molar-refractivity contribution in [2.24, 2.45) is 15.2 Å². The van der Waals surface area contributed by atoms with E-state index in [2.05, 4.69) is 28.4 Å². The van der Waals surface area contributed by atoms with Crippen molar-refractivity contribution in [3.05, 3.63) is 60.2 Å². The number of phosphoric ester groups is 1. The lowest BCUT2D eigenvalue weighted by Crippen LogP contribution is -2.01. The van der Waals surface area contributed by atoms with Crippen LogP contribution in [0.2, 0.25) is 0 Å². The zero-order valence-corrected chi connectivity index (χ0v) is 18.5. The number of hydrogen-bond donors (Lipinski definition) is 4. The van der Waals surface area contributed by atoms with Crippen molar-refractivity contribution in [3.63, 3.8) is 0 Å². The Hall–Kier alpha value is -2.21. The van der Waals surface area contributed by atoms with E-state index in [0.717, 1.165) is 6.21 Å². The number of carbonyl (C=O) groups excluding carboxylic acids is 1. The molecule has 172 valence electrons. The van der Waals surface area contributed by atoms with Crippen LogP contribution in [0.4, 0.5) is 11.4 Å². The van der Waals surface area contributed by atoms with Crippen LogP contribution < -0.4 is 0 Å². The molecule has 32 heavy (non-hydrogen) atoms. The fourth-order valence-electron chi connectivity index (χ4n) is 1.91. The minimum absolute atomic E-state index is 0.151. The van der Waals surface area contributed by atoms with Crippen LogP contribution in [0, 0.1) is 0 Å². The highest BCUT2D eigenvalue weighted by atomic mass is 31.3. The van der Waals surface area contributed by atoms with Crippen LogP contribution in [-0.2, 0) is 26.8 Å². The van der Waals surface area contributed by atoms with Gasteiger partial charge in [0.2, 0.25) is 0 Å². The van der Waals surface area contributed by atoms with Gasteiger partial charge in [-0.3, -0.25) is 9.32 Å². The van der Waals surface area contributed by atoms with Crippen molar-refractivity contribution in [1.82, 2.24) is 0 Å². The molecule has 0 fully saturated rings. The largest absolute Gasteiger partial charge is 0.490 e. The van der Waals surface area contributed by atoms with Gasteiger partial charge in [-0.15, -0.1) is 0 Å². The zero-order valence-electron chi connectivity index (χ0n) is 15.8. The fourth-order valence-corrected chi connectivity index (χ4v) is 4.86. The van der Waals surface area contributed by atoms with Crippen molar-refractivity contribution >= 4 is 47.0 Å². The van der Waals surface area contributed by atoms with Gasteiger partial charge in [-0.25, -0.2) is 18.7 Å². The molecule has 2 rings (SSSR count). The van der Waals surface area contributed by atoms with E-state index in [1.165, 1.54) is 24.3 Å². The normalized spacial score (nSPS) is 16.1. The number of phosphoric acid groups is 3. The smallest absolute Gasteiger partial charge is 0.302 e. The minimum atomic E-state index is -5.61. The maximum absolute atomic E-state index is 12.0. The number of benzene rings is 2. The van der Waals surface area contributed by atoms with Crippen LogP contribution in [0.15, 0.2) is 69.8 Å². The summed E-state index contributed by atoms with van der Waals surface area (Å²) in [5.41, 5.74) is 1.27. The maximum Gasteiger partial charge on any atom is 0.490 e. The molecule has 0 aliphatic heterocycles. The van der Waals surface area contributed by atoms with Gasteiger partial charge in [0.15, 0.2) is 0 Å². The average Bonchev–Trinajstić information content (AvgIpc) is 2.68. The molecule has 0 saturated carbocycles. The van der Waals surface area contributed by atoms with E-state index < -0.39 is 36.0 Å². The van der Waals surface area contributed by atoms with Crippen LogP contribution in [0.5, 0.6) is 0 Å². The van der Waals surface area contributed by atoms with E-state index in [4.69, 9.17) is 14.7 Å². The van der Waals surface area contributed by atoms with Crippen molar-refractivity contribution < 1.29 is 51.2 Å². The van der Waals surface area contributed by atoms with E-state index >= 15 is 0 Å². The molecule has 17 heteroatoms. The maximum atomic E-state index is 12.0. The van der Waals surface area contributed by atoms with Gasteiger partial charge in [0.25, 0.3) is 5.91 Å². The summed E-state index contributed by atoms with van der Waals surface area (Å²) in [5.74, 6) is -0.744. The third-order valence-electron chi connectivity index (χ3n) is 3.09. The number of rotatable bonds is 10. The van der Waals surface area contributed by atoms with Gasteiger partial charge in [-0.1, -0.05) is 18.2 Å². The number of amides is 1. The first-order chi connectivity index (χ1) is 14.9. The van der Waals surface area contributed by atoms with Gasteiger partial charge in [-0.2, -0.15) is 18.8 Å². The van der Waals surface area contributed by atoms with Gasteiger partial charge < -0.3 is 19.6 Å². The topological polar surface area (TPSA) is 214 Å². The van der Waals surface area contributed by atoms with E-state index in [9.17, 15) is 23.4 Å². The average molecular weight is 507 g/mol. The van der Waals surface area contributed by atoms with Crippen LogP contribution in [0.25, 0.3) is 0 Å². The van der Waals surface area contributed by atoms with Crippen LogP contribution >= 0.6 is 23.5 Å². The third-order valence-corrected chi connectivity index (χ3v) is 6.89. The zero-order chi connectivity index (χ0) is 23.8. The second kappa shape index (κ2) is 11.1. The van der Waals surface area contributed by atoms with Crippen LogP contribution in [-0.4, -0.2) is 38.3 Å². The van der Waals surface area contributed by atoms with Crippen molar-refractivity contribution in [1.29, 1.82) is 0 Å². The SMILES string of the molecule is O=C(N=CCOP(=O)(O)OP(=O)(O)OP(=O)(O)O)c1ccc(N=Nc2ccccc2)cc1. The number of hydrogen-bond acceptors (Lipinski definition) is 9. The molecule has 2 unspecified atom stereocenters. The Bertz CT molecular complexity index is 1130. The van der Waals surface area contributed by atoms with E-state index in [1.807, 2.05) is 6.07 Å². The van der Waals surface area contributed by atoms with Crippen molar-refractivity contribution in [3.8, 4) is 0 Å². The molecule has 0 bridgehead atoms. The van der Waals surface area contributed by atoms with Gasteiger partial charge >= 0.3 is 23.5 Å². The first kappa shape index (κ1) is 26.0. The summed E-state index contributed by atoms with van der Waals surface area (Å²) in [5, 5.41) is 8.03. The molecule has 2 aromatic rings.